The van der Waals surface area contributed by atoms with Gasteiger partial charge in [-0.3, -0.25) is 18.8 Å². The van der Waals surface area contributed by atoms with Crippen molar-refractivity contribution in [1.82, 2.24) is 14.0 Å². The highest BCUT2D eigenvalue weighted by molar-refractivity contribution is 5.03. The molecule has 1 fully saturated rings. The number of hydrogen-bond donors (Lipinski definition) is 1. The Balaban J connectivity index is 2.33. The molecule has 0 bridgehead atoms. The summed E-state index contributed by atoms with van der Waals surface area (Å²) in [7, 11) is 3.21. The third-order valence-corrected chi connectivity index (χ3v) is 4.44. The summed E-state index contributed by atoms with van der Waals surface area (Å²) < 4.78 is 2.68. The Labute approximate surface area is 118 Å². The van der Waals surface area contributed by atoms with E-state index in [4.69, 9.17) is 5.73 Å². The summed E-state index contributed by atoms with van der Waals surface area (Å²) in [6.45, 7) is 3.40. The van der Waals surface area contributed by atoms with Gasteiger partial charge in [-0.2, -0.15) is 0 Å². The van der Waals surface area contributed by atoms with Crippen molar-refractivity contribution in [2.75, 3.05) is 6.54 Å². The standard InChI is InChI=1S/C14H24N4O2/c1-10-5-4-6-11(8-15)18(10)9-12-7-13(19)17(3)14(20)16(12)2/h7,10-11H,4-6,8-9,15H2,1-3H3. The molecule has 6 heteroatoms. The first-order valence-electron chi connectivity index (χ1n) is 7.17. The molecule has 1 saturated heterocycles. The number of nitrogens with two attached hydrogens (primary N) is 1. The van der Waals surface area contributed by atoms with Crippen molar-refractivity contribution in [2.45, 2.75) is 44.8 Å². The van der Waals surface area contributed by atoms with Gasteiger partial charge in [0.15, 0.2) is 0 Å². The second kappa shape index (κ2) is 5.93. The lowest BCUT2D eigenvalue weighted by Crippen LogP contribution is -2.49. The summed E-state index contributed by atoms with van der Waals surface area (Å²) in [6.07, 6.45) is 3.41. The molecule has 1 aromatic heterocycles. The first kappa shape index (κ1) is 15.0. The zero-order valence-corrected chi connectivity index (χ0v) is 12.5. The largest absolute Gasteiger partial charge is 0.330 e. The predicted octanol–water partition coefficient (Wildman–Crippen LogP) is -0.214. The minimum Gasteiger partial charge on any atom is -0.329 e. The highest BCUT2D eigenvalue weighted by Gasteiger charge is 2.27. The van der Waals surface area contributed by atoms with Crippen LogP contribution in [0.25, 0.3) is 0 Å². The van der Waals surface area contributed by atoms with E-state index in [-0.39, 0.29) is 11.2 Å². The number of likely N-dealkylation sites (tertiary alicyclic amines) is 1. The van der Waals surface area contributed by atoms with Crippen LogP contribution in [0.15, 0.2) is 15.7 Å². The van der Waals surface area contributed by atoms with E-state index in [1.165, 1.54) is 13.5 Å². The van der Waals surface area contributed by atoms with E-state index in [1.54, 1.807) is 17.7 Å². The Bertz CT molecular complexity index is 590. The summed E-state index contributed by atoms with van der Waals surface area (Å²) in [4.78, 5) is 26.1. The maximum Gasteiger partial charge on any atom is 0.330 e. The molecule has 0 saturated carbocycles. The molecule has 0 spiro atoms. The summed E-state index contributed by atoms with van der Waals surface area (Å²) >= 11 is 0. The van der Waals surface area contributed by atoms with Crippen LogP contribution in [0, 0.1) is 0 Å². The van der Waals surface area contributed by atoms with Crippen molar-refractivity contribution in [3.63, 3.8) is 0 Å². The van der Waals surface area contributed by atoms with E-state index in [1.807, 2.05) is 0 Å². The molecular formula is C14H24N4O2. The van der Waals surface area contributed by atoms with Crippen molar-refractivity contribution < 1.29 is 0 Å². The lowest BCUT2D eigenvalue weighted by atomic mass is 9.96. The Morgan fingerprint density at radius 1 is 1.25 bits per heavy atom. The molecule has 112 valence electrons. The van der Waals surface area contributed by atoms with Crippen LogP contribution in [-0.4, -0.2) is 32.7 Å². The average Bonchev–Trinajstić information content (AvgIpc) is 2.44. The molecule has 2 atom stereocenters. The van der Waals surface area contributed by atoms with E-state index in [9.17, 15) is 9.59 Å². The second-order valence-electron chi connectivity index (χ2n) is 5.72. The fourth-order valence-corrected chi connectivity index (χ4v) is 3.00. The lowest BCUT2D eigenvalue weighted by molar-refractivity contribution is 0.0863. The Morgan fingerprint density at radius 2 is 1.95 bits per heavy atom. The molecule has 20 heavy (non-hydrogen) atoms. The van der Waals surface area contributed by atoms with Gasteiger partial charge in [0.05, 0.1) is 0 Å². The third-order valence-electron chi connectivity index (χ3n) is 4.44. The van der Waals surface area contributed by atoms with Gasteiger partial charge in [0, 0.05) is 51.0 Å². The quantitative estimate of drug-likeness (QED) is 0.831. The smallest absolute Gasteiger partial charge is 0.329 e. The molecule has 2 rings (SSSR count). The SMILES string of the molecule is CC1CCCC(CN)N1Cc1cc(=O)n(C)c(=O)n1C. The van der Waals surface area contributed by atoms with Gasteiger partial charge in [0.1, 0.15) is 0 Å². The van der Waals surface area contributed by atoms with Gasteiger partial charge in [-0.05, 0) is 19.8 Å². The summed E-state index contributed by atoms with van der Waals surface area (Å²) in [6, 6.07) is 2.31. The average molecular weight is 280 g/mol. The maximum atomic E-state index is 12.0. The van der Waals surface area contributed by atoms with E-state index in [0.717, 1.165) is 23.1 Å². The van der Waals surface area contributed by atoms with Gasteiger partial charge in [-0.1, -0.05) is 6.42 Å². The Kier molecular flexibility index (Phi) is 4.45. The lowest BCUT2D eigenvalue weighted by Gasteiger charge is -2.40. The van der Waals surface area contributed by atoms with Crippen molar-refractivity contribution in [3.8, 4) is 0 Å². The van der Waals surface area contributed by atoms with E-state index < -0.39 is 0 Å². The minimum absolute atomic E-state index is 0.253. The Morgan fingerprint density at radius 3 is 2.60 bits per heavy atom. The van der Waals surface area contributed by atoms with Gasteiger partial charge >= 0.3 is 5.69 Å². The molecule has 2 N–H and O–H groups in total. The van der Waals surface area contributed by atoms with Gasteiger partial charge in [0.25, 0.3) is 5.56 Å². The van der Waals surface area contributed by atoms with Gasteiger partial charge in [0.2, 0.25) is 0 Å². The van der Waals surface area contributed by atoms with Crippen molar-refractivity contribution in [1.29, 1.82) is 0 Å². The number of rotatable bonds is 3. The molecule has 1 aliphatic heterocycles. The number of piperidine rings is 1. The van der Waals surface area contributed by atoms with Crippen molar-refractivity contribution in [3.05, 3.63) is 32.6 Å². The summed E-state index contributed by atoms with van der Waals surface area (Å²) in [5, 5.41) is 0. The zero-order valence-electron chi connectivity index (χ0n) is 12.5. The fraction of sp³-hybridized carbons (Fsp3) is 0.714. The zero-order chi connectivity index (χ0) is 14.9. The van der Waals surface area contributed by atoms with Crippen LogP contribution in [0.4, 0.5) is 0 Å². The molecule has 6 nitrogen and oxygen atoms in total. The summed E-state index contributed by atoms with van der Waals surface area (Å²) in [5.74, 6) is 0. The highest BCUT2D eigenvalue weighted by Crippen LogP contribution is 2.23. The third kappa shape index (κ3) is 2.71. The van der Waals surface area contributed by atoms with E-state index in [0.29, 0.717) is 25.2 Å². The molecular weight excluding hydrogens is 256 g/mol. The first-order valence-corrected chi connectivity index (χ1v) is 7.17. The van der Waals surface area contributed by atoms with Gasteiger partial charge < -0.3 is 5.73 Å². The molecule has 1 aliphatic rings. The molecule has 2 unspecified atom stereocenters. The topological polar surface area (TPSA) is 73.3 Å². The molecule has 1 aromatic rings. The highest BCUT2D eigenvalue weighted by atomic mass is 16.2. The van der Waals surface area contributed by atoms with E-state index in [2.05, 4.69) is 11.8 Å². The van der Waals surface area contributed by atoms with Crippen LogP contribution >= 0.6 is 0 Å². The molecule has 0 aromatic carbocycles. The predicted molar refractivity (Wildman–Crippen MR) is 78.6 cm³/mol. The van der Waals surface area contributed by atoms with Crippen LogP contribution < -0.4 is 17.0 Å². The second-order valence-corrected chi connectivity index (χ2v) is 5.72. The van der Waals surface area contributed by atoms with Gasteiger partial charge in [-0.25, -0.2) is 4.79 Å². The molecule has 0 aliphatic carbocycles. The summed E-state index contributed by atoms with van der Waals surface area (Å²) in [5.41, 5.74) is 6.08. The van der Waals surface area contributed by atoms with Crippen LogP contribution in [0.5, 0.6) is 0 Å². The van der Waals surface area contributed by atoms with Crippen LogP contribution in [-0.2, 0) is 20.6 Å². The first-order chi connectivity index (χ1) is 9.45. The van der Waals surface area contributed by atoms with Crippen molar-refractivity contribution >= 4 is 0 Å². The number of hydrogen-bond acceptors (Lipinski definition) is 4. The normalized spacial score (nSPS) is 24.0. The number of aromatic nitrogens is 2. The maximum absolute atomic E-state index is 12.0. The monoisotopic (exact) mass is 280 g/mol. The van der Waals surface area contributed by atoms with E-state index >= 15 is 0 Å². The van der Waals surface area contributed by atoms with Crippen LogP contribution in [0.3, 0.4) is 0 Å². The Hall–Kier alpha value is -1.40. The molecule has 0 amide bonds. The molecule has 0 radical (unpaired) electrons. The van der Waals surface area contributed by atoms with Crippen LogP contribution in [0.2, 0.25) is 0 Å². The van der Waals surface area contributed by atoms with Gasteiger partial charge in [-0.15, -0.1) is 0 Å². The minimum atomic E-state index is -0.276. The fourth-order valence-electron chi connectivity index (χ4n) is 3.00. The number of nitrogens with zero attached hydrogens (tertiary/aromatic N) is 3. The van der Waals surface area contributed by atoms with Crippen molar-refractivity contribution in [2.24, 2.45) is 19.8 Å². The van der Waals surface area contributed by atoms with Crippen LogP contribution in [0.1, 0.15) is 31.9 Å². The molecule has 2 heterocycles.